The second-order valence-electron chi connectivity index (χ2n) is 6.34. The number of nitrogens with one attached hydrogen (secondary N) is 1. The van der Waals surface area contributed by atoms with E-state index in [-0.39, 0.29) is 0 Å². The molecule has 1 aromatic carbocycles. The van der Waals surface area contributed by atoms with Crippen molar-refractivity contribution >= 4 is 0 Å². The van der Waals surface area contributed by atoms with Crippen LogP contribution < -0.4 is 5.32 Å². The maximum absolute atomic E-state index is 5.50. The zero-order chi connectivity index (χ0) is 14.4. The van der Waals surface area contributed by atoms with Crippen molar-refractivity contribution in [3.05, 3.63) is 35.4 Å². The first-order valence-corrected chi connectivity index (χ1v) is 7.57. The molecule has 1 saturated heterocycles. The van der Waals surface area contributed by atoms with Crippen molar-refractivity contribution in [3.8, 4) is 0 Å². The van der Waals surface area contributed by atoms with Crippen LogP contribution in [0.15, 0.2) is 24.3 Å². The van der Waals surface area contributed by atoms with Gasteiger partial charge in [-0.2, -0.15) is 0 Å². The van der Waals surface area contributed by atoms with E-state index in [0.29, 0.717) is 5.41 Å². The van der Waals surface area contributed by atoms with Crippen LogP contribution in [0.4, 0.5) is 0 Å². The molecule has 0 radical (unpaired) electrons. The van der Waals surface area contributed by atoms with Gasteiger partial charge in [-0.05, 0) is 45.5 Å². The summed E-state index contributed by atoms with van der Waals surface area (Å²) in [5.41, 5.74) is 3.05. The molecule has 0 bridgehead atoms. The van der Waals surface area contributed by atoms with Crippen LogP contribution in [0.3, 0.4) is 0 Å². The summed E-state index contributed by atoms with van der Waals surface area (Å²) in [7, 11) is 4.05. The maximum atomic E-state index is 5.50. The summed E-state index contributed by atoms with van der Waals surface area (Å²) < 4.78 is 5.50. The van der Waals surface area contributed by atoms with Crippen LogP contribution in [0.2, 0.25) is 0 Å². The first-order valence-electron chi connectivity index (χ1n) is 7.57. The highest BCUT2D eigenvalue weighted by Gasteiger charge is 2.33. The van der Waals surface area contributed by atoms with Crippen molar-refractivity contribution in [3.63, 3.8) is 0 Å². The van der Waals surface area contributed by atoms with E-state index < -0.39 is 0 Å². The fourth-order valence-electron chi connectivity index (χ4n) is 3.36. The van der Waals surface area contributed by atoms with Crippen molar-refractivity contribution < 1.29 is 4.74 Å². The van der Waals surface area contributed by atoms with Crippen LogP contribution in [0, 0.1) is 12.3 Å². The highest BCUT2D eigenvalue weighted by Crippen LogP contribution is 2.30. The number of nitrogens with zero attached hydrogens (tertiary/aromatic N) is 1. The molecule has 0 aromatic heterocycles. The fraction of sp³-hybridized carbons (Fsp3) is 0.647. The molecule has 0 atom stereocenters. The van der Waals surface area contributed by atoms with Gasteiger partial charge in [-0.3, -0.25) is 0 Å². The molecule has 0 saturated carbocycles. The van der Waals surface area contributed by atoms with Crippen molar-refractivity contribution in [2.75, 3.05) is 40.4 Å². The number of ether oxygens (including phenoxy) is 1. The van der Waals surface area contributed by atoms with Crippen LogP contribution in [0.1, 0.15) is 24.0 Å². The van der Waals surface area contributed by atoms with Gasteiger partial charge in [0, 0.05) is 25.6 Å². The first-order chi connectivity index (χ1) is 9.63. The van der Waals surface area contributed by atoms with Gasteiger partial charge in [0.2, 0.25) is 0 Å². The number of rotatable bonds is 6. The molecular formula is C17H28N2O. The summed E-state index contributed by atoms with van der Waals surface area (Å²) >= 11 is 0. The largest absolute Gasteiger partial charge is 0.384 e. The molecule has 1 aliphatic rings. The van der Waals surface area contributed by atoms with Gasteiger partial charge < -0.3 is 15.0 Å². The monoisotopic (exact) mass is 276 g/mol. The zero-order valence-corrected chi connectivity index (χ0v) is 13.1. The second kappa shape index (κ2) is 7.21. The molecule has 0 amide bonds. The number of piperidine rings is 1. The quantitative estimate of drug-likeness (QED) is 0.864. The van der Waals surface area contributed by atoms with Crippen molar-refractivity contribution in [2.45, 2.75) is 26.3 Å². The molecule has 1 fully saturated rings. The van der Waals surface area contributed by atoms with Gasteiger partial charge in [-0.25, -0.2) is 0 Å². The Morgan fingerprint density at radius 2 is 2.05 bits per heavy atom. The van der Waals surface area contributed by atoms with Gasteiger partial charge >= 0.3 is 0 Å². The molecular weight excluding hydrogens is 248 g/mol. The average Bonchev–Trinajstić information content (AvgIpc) is 2.39. The molecule has 3 nitrogen and oxygen atoms in total. The van der Waals surface area contributed by atoms with Gasteiger partial charge in [0.15, 0.2) is 0 Å². The minimum Gasteiger partial charge on any atom is -0.384 e. The minimum atomic E-state index is 0.318. The zero-order valence-electron chi connectivity index (χ0n) is 13.1. The molecule has 112 valence electrons. The lowest BCUT2D eigenvalue weighted by molar-refractivity contribution is 0.0269. The highest BCUT2D eigenvalue weighted by atomic mass is 16.5. The number of aryl methyl sites for hydroxylation is 1. The van der Waals surface area contributed by atoms with Crippen LogP contribution in [0.5, 0.6) is 0 Å². The molecule has 0 unspecified atom stereocenters. The summed E-state index contributed by atoms with van der Waals surface area (Å²) in [6.07, 6.45) is 2.41. The topological polar surface area (TPSA) is 24.5 Å². The Hall–Kier alpha value is -0.900. The molecule has 1 aliphatic heterocycles. The van der Waals surface area contributed by atoms with Crippen molar-refractivity contribution in [2.24, 2.45) is 5.41 Å². The van der Waals surface area contributed by atoms with Gasteiger partial charge in [-0.15, -0.1) is 0 Å². The predicted octanol–water partition coefficient (Wildman–Crippen LogP) is 2.44. The standard InChI is InChI=1S/C17H28N2O/c1-15-5-4-6-16(11-15)12-19(2)13-17(14-20-3)7-9-18-10-8-17/h4-6,11,18H,7-10,12-14H2,1-3H3. The third-order valence-corrected chi connectivity index (χ3v) is 4.26. The number of hydrogen-bond donors (Lipinski definition) is 1. The van der Waals surface area contributed by atoms with Gasteiger partial charge in [0.05, 0.1) is 6.61 Å². The number of methoxy groups -OCH3 is 1. The minimum absolute atomic E-state index is 0.318. The normalized spacial score (nSPS) is 18.4. The van der Waals surface area contributed by atoms with E-state index in [9.17, 15) is 0 Å². The SMILES string of the molecule is COCC1(CN(C)Cc2cccc(C)c2)CCNCC1. The number of hydrogen-bond acceptors (Lipinski definition) is 3. The van der Waals surface area contributed by atoms with Crippen LogP contribution in [0.25, 0.3) is 0 Å². The molecule has 1 heterocycles. The molecule has 1 N–H and O–H groups in total. The smallest absolute Gasteiger partial charge is 0.0531 e. The summed E-state index contributed by atoms with van der Waals surface area (Å²) in [6, 6.07) is 8.80. The van der Waals surface area contributed by atoms with Crippen molar-refractivity contribution in [1.82, 2.24) is 10.2 Å². The Kier molecular flexibility index (Phi) is 5.58. The van der Waals surface area contributed by atoms with Crippen LogP contribution >= 0.6 is 0 Å². The van der Waals surface area contributed by atoms with E-state index in [1.54, 1.807) is 0 Å². The van der Waals surface area contributed by atoms with Gasteiger partial charge in [-0.1, -0.05) is 29.8 Å². The first kappa shape index (κ1) is 15.5. The van der Waals surface area contributed by atoms with E-state index in [1.807, 2.05) is 7.11 Å². The summed E-state index contributed by atoms with van der Waals surface area (Å²) in [4.78, 5) is 2.44. The molecule has 0 spiro atoms. The van der Waals surface area contributed by atoms with E-state index in [4.69, 9.17) is 4.74 Å². The van der Waals surface area contributed by atoms with E-state index in [2.05, 4.69) is 48.5 Å². The molecule has 2 rings (SSSR count). The Morgan fingerprint density at radius 3 is 2.70 bits per heavy atom. The Balaban J connectivity index is 1.95. The van der Waals surface area contributed by atoms with Gasteiger partial charge in [0.25, 0.3) is 0 Å². The number of benzene rings is 1. The predicted molar refractivity (Wildman–Crippen MR) is 83.9 cm³/mol. The average molecular weight is 276 g/mol. The third-order valence-electron chi connectivity index (χ3n) is 4.26. The molecule has 1 aromatic rings. The van der Waals surface area contributed by atoms with Crippen LogP contribution in [-0.2, 0) is 11.3 Å². The third kappa shape index (κ3) is 4.30. The van der Waals surface area contributed by atoms with E-state index in [0.717, 1.165) is 32.8 Å². The maximum Gasteiger partial charge on any atom is 0.0531 e. The Labute approximate surface area is 123 Å². The lowest BCUT2D eigenvalue weighted by Crippen LogP contribution is -2.46. The summed E-state index contributed by atoms with van der Waals surface area (Å²) in [5, 5.41) is 3.45. The fourth-order valence-corrected chi connectivity index (χ4v) is 3.36. The Morgan fingerprint density at radius 1 is 1.30 bits per heavy atom. The Bertz CT molecular complexity index is 408. The second-order valence-corrected chi connectivity index (χ2v) is 6.34. The molecule has 3 heteroatoms. The van der Waals surface area contributed by atoms with Crippen molar-refractivity contribution in [1.29, 1.82) is 0 Å². The molecule has 20 heavy (non-hydrogen) atoms. The van der Waals surface area contributed by atoms with E-state index in [1.165, 1.54) is 24.0 Å². The highest BCUT2D eigenvalue weighted by molar-refractivity contribution is 5.22. The molecule has 0 aliphatic carbocycles. The summed E-state index contributed by atoms with van der Waals surface area (Å²) in [5.74, 6) is 0. The van der Waals surface area contributed by atoms with E-state index >= 15 is 0 Å². The lowest BCUT2D eigenvalue weighted by Gasteiger charge is -2.40. The lowest BCUT2D eigenvalue weighted by atomic mass is 9.79. The summed E-state index contributed by atoms with van der Waals surface area (Å²) in [6.45, 7) is 7.37. The van der Waals surface area contributed by atoms with Gasteiger partial charge in [0.1, 0.15) is 0 Å². The van der Waals surface area contributed by atoms with Crippen LogP contribution in [-0.4, -0.2) is 45.3 Å².